The summed E-state index contributed by atoms with van der Waals surface area (Å²) in [4.78, 5) is 70.9. The third kappa shape index (κ3) is 13.8. The van der Waals surface area contributed by atoms with Gasteiger partial charge < -0.3 is 28.4 Å². The van der Waals surface area contributed by atoms with Gasteiger partial charge in [0.05, 0.1) is 38.9 Å². The first-order valence-corrected chi connectivity index (χ1v) is 14.1. The smallest absolute Gasteiger partial charge is 0.344 e. The lowest BCUT2D eigenvalue weighted by Crippen LogP contribution is -2.28. The van der Waals surface area contributed by atoms with Crippen LogP contribution >= 0.6 is 0 Å². The first kappa shape index (κ1) is 34.0. The van der Waals surface area contributed by atoms with Crippen LogP contribution in [0.1, 0.15) is 86.5 Å². The summed E-state index contributed by atoms with van der Waals surface area (Å²) in [5, 5.41) is 0. The summed E-state index contributed by atoms with van der Waals surface area (Å²) in [6.45, 7) is 9.76. The Morgan fingerprint density at radius 2 is 0.805 bits per heavy atom. The van der Waals surface area contributed by atoms with Crippen molar-refractivity contribution in [2.45, 2.75) is 97.7 Å². The van der Waals surface area contributed by atoms with Crippen LogP contribution in [-0.4, -0.2) is 73.4 Å². The zero-order valence-electron chi connectivity index (χ0n) is 25.0. The zero-order chi connectivity index (χ0) is 30.8. The van der Waals surface area contributed by atoms with Gasteiger partial charge in [-0.25, -0.2) is 9.59 Å². The van der Waals surface area contributed by atoms with Crippen LogP contribution < -0.4 is 0 Å². The molecule has 0 heterocycles. The number of ether oxygens (including phenoxy) is 6. The molecule has 12 heteroatoms. The van der Waals surface area contributed by atoms with Crippen molar-refractivity contribution in [1.29, 1.82) is 0 Å². The molecular formula is C29H44O12. The molecule has 0 aromatic carbocycles. The maximum atomic E-state index is 12.1. The second-order valence-corrected chi connectivity index (χ2v) is 12.6. The standard InChI is InChI=1S/C29H44O12/c1-28(2,3)40-26(34)16-38-24(32)9-7-22(30)36-14-20-12-19-11-18(20)13-21(19)15-37-23(31)8-10-25(33)39-17-27(35)41-29(4,5)6/h18-21H,7-17H2,1-6H3. The minimum absolute atomic E-state index is 0.138. The molecule has 0 aromatic heterocycles. The molecule has 0 aliphatic heterocycles. The highest BCUT2D eigenvalue weighted by Gasteiger charge is 2.46. The quantitative estimate of drug-likeness (QED) is 0.217. The molecule has 2 aliphatic carbocycles. The molecule has 232 valence electrons. The summed E-state index contributed by atoms with van der Waals surface area (Å²) in [6.07, 6.45) is 2.03. The topological polar surface area (TPSA) is 158 Å². The Balaban J connectivity index is 1.55. The van der Waals surface area contributed by atoms with Crippen LogP contribution in [0.2, 0.25) is 0 Å². The molecule has 2 saturated carbocycles. The summed E-state index contributed by atoms with van der Waals surface area (Å²) < 4.78 is 30.5. The molecular weight excluding hydrogens is 540 g/mol. The molecule has 41 heavy (non-hydrogen) atoms. The molecule has 4 unspecified atom stereocenters. The van der Waals surface area contributed by atoms with E-state index >= 15 is 0 Å². The van der Waals surface area contributed by atoms with Crippen LogP contribution in [0.5, 0.6) is 0 Å². The lowest BCUT2D eigenvalue weighted by atomic mass is 9.83. The Labute approximate surface area is 241 Å². The van der Waals surface area contributed by atoms with Gasteiger partial charge in [0.25, 0.3) is 0 Å². The zero-order valence-corrected chi connectivity index (χ0v) is 25.0. The normalized spacial score (nSPS) is 21.5. The van der Waals surface area contributed by atoms with Crippen molar-refractivity contribution >= 4 is 35.8 Å². The lowest BCUT2D eigenvalue weighted by Gasteiger charge is -2.27. The minimum atomic E-state index is -0.679. The Bertz CT molecular complexity index is 882. The molecule has 2 fully saturated rings. The van der Waals surface area contributed by atoms with E-state index in [0.29, 0.717) is 11.8 Å². The van der Waals surface area contributed by atoms with Gasteiger partial charge in [0.15, 0.2) is 13.2 Å². The van der Waals surface area contributed by atoms with Crippen LogP contribution in [0.15, 0.2) is 0 Å². The number of hydrogen-bond acceptors (Lipinski definition) is 12. The summed E-state index contributed by atoms with van der Waals surface area (Å²) in [7, 11) is 0. The molecule has 0 spiro atoms. The van der Waals surface area contributed by atoms with Crippen LogP contribution in [0.3, 0.4) is 0 Å². The predicted molar refractivity (Wildman–Crippen MR) is 142 cm³/mol. The molecule has 2 bridgehead atoms. The van der Waals surface area contributed by atoms with Gasteiger partial charge in [-0.05, 0) is 84.5 Å². The van der Waals surface area contributed by atoms with E-state index < -0.39 is 60.2 Å². The number of carbonyl (C=O) groups is 6. The first-order valence-electron chi connectivity index (χ1n) is 14.1. The Morgan fingerprint density at radius 3 is 1.10 bits per heavy atom. The van der Waals surface area contributed by atoms with Crippen molar-refractivity contribution in [1.82, 2.24) is 0 Å². The Kier molecular flexibility index (Phi) is 12.6. The van der Waals surface area contributed by atoms with Crippen molar-refractivity contribution in [3.63, 3.8) is 0 Å². The molecule has 2 aliphatic rings. The molecule has 4 atom stereocenters. The fourth-order valence-corrected chi connectivity index (χ4v) is 5.04. The molecule has 0 radical (unpaired) electrons. The average molecular weight is 585 g/mol. The van der Waals surface area contributed by atoms with Crippen molar-refractivity contribution in [3.05, 3.63) is 0 Å². The first-order chi connectivity index (χ1) is 19.0. The fourth-order valence-electron chi connectivity index (χ4n) is 5.04. The van der Waals surface area contributed by atoms with E-state index in [1.807, 2.05) is 0 Å². The van der Waals surface area contributed by atoms with Gasteiger partial charge in [-0.15, -0.1) is 0 Å². The molecule has 0 aromatic rings. The number of fused-ring (bicyclic) bond motifs is 2. The number of carbonyl (C=O) groups excluding carboxylic acids is 6. The van der Waals surface area contributed by atoms with E-state index in [0.717, 1.165) is 19.3 Å². The van der Waals surface area contributed by atoms with E-state index in [4.69, 9.17) is 28.4 Å². The average Bonchev–Trinajstić information content (AvgIpc) is 3.44. The molecule has 0 saturated heterocycles. The third-order valence-corrected chi connectivity index (χ3v) is 6.68. The lowest BCUT2D eigenvalue weighted by molar-refractivity contribution is -0.167. The maximum absolute atomic E-state index is 12.1. The SMILES string of the molecule is CC(C)(C)OC(=O)COC(=O)CCC(=O)OCC1CC2CC1CC2COC(=O)CCC(=O)OCC(=O)OC(C)(C)C. The highest BCUT2D eigenvalue weighted by molar-refractivity contribution is 5.81. The number of esters is 6. The predicted octanol–water partition coefficient (Wildman–Crippen LogP) is 3.07. The third-order valence-electron chi connectivity index (χ3n) is 6.68. The Hall–Kier alpha value is -3.18. The van der Waals surface area contributed by atoms with Crippen LogP contribution in [-0.2, 0) is 57.2 Å². The monoisotopic (exact) mass is 584 g/mol. The van der Waals surface area contributed by atoms with Crippen LogP contribution in [0, 0.1) is 23.7 Å². The van der Waals surface area contributed by atoms with Gasteiger partial charge in [0.1, 0.15) is 11.2 Å². The highest BCUT2D eigenvalue weighted by Crippen LogP contribution is 2.51. The van der Waals surface area contributed by atoms with Gasteiger partial charge in [-0.3, -0.25) is 19.2 Å². The van der Waals surface area contributed by atoms with E-state index in [-0.39, 0.29) is 50.7 Å². The fraction of sp³-hybridized carbons (Fsp3) is 0.793. The number of rotatable bonds is 14. The second-order valence-electron chi connectivity index (χ2n) is 12.6. The van der Waals surface area contributed by atoms with E-state index in [1.54, 1.807) is 41.5 Å². The van der Waals surface area contributed by atoms with Gasteiger partial charge in [-0.2, -0.15) is 0 Å². The van der Waals surface area contributed by atoms with Crippen molar-refractivity contribution in [2.75, 3.05) is 26.4 Å². The molecule has 12 nitrogen and oxygen atoms in total. The molecule has 0 amide bonds. The van der Waals surface area contributed by atoms with Crippen LogP contribution in [0.25, 0.3) is 0 Å². The maximum Gasteiger partial charge on any atom is 0.344 e. The summed E-state index contributed by atoms with van der Waals surface area (Å²) in [6, 6.07) is 0. The minimum Gasteiger partial charge on any atom is -0.465 e. The summed E-state index contributed by atoms with van der Waals surface area (Å²) in [5.74, 6) is -2.52. The van der Waals surface area contributed by atoms with Crippen molar-refractivity contribution in [2.24, 2.45) is 23.7 Å². The summed E-state index contributed by atoms with van der Waals surface area (Å²) >= 11 is 0. The Morgan fingerprint density at radius 1 is 0.488 bits per heavy atom. The summed E-state index contributed by atoms with van der Waals surface area (Å²) in [5.41, 5.74) is -1.36. The van der Waals surface area contributed by atoms with E-state index in [9.17, 15) is 28.8 Å². The van der Waals surface area contributed by atoms with Crippen molar-refractivity contribution < 1.29 is 57.2 Å². The van der Waals surface area contributed by atoms with Gasteiger partial charge in [0, 0.05) is 0 Å². The van der Waals surface area contributed by atoms with Gasteiger partial charge in [-0.1, -0.05) is 0 Å². The number of hydrogen-bond donors (Lipinski definition) is 0. The largest absolute Gasteiger partial charge is 0.465 e. The van der Waals surface area contributed by atoms with Gasteiger partial charge >= 0.3 is 35.8 Å². The van der Waals surface area contributed by atoms with Gasteiger partial charge in [0.2, 0.25) is 0 Å². The van der Waals surface area contributed by atoms with E-state index in [1.165, 1.54) is 0 Å². The molecule has 0 N–H and O–H groups in total. The van der Waals surface area contributed by atoms with Crippen LogP contribution in [0.4, 0.5) is 0 Å². The molecule has 2 rings (SSSR count). The van der Waals surface area contributed by atoms with E-state index in [2.05, 4.69) is 0 Å². The highest BCUT2D eigenvalue weighted by atomic mass is 16.6. The van der Waals surface area contributed by atoms with Crippen molar-refractivity contribution in [3.8, 4) is 0 Å². The second kappa shape index (κ2) is 15.2.